The molecular weight excluding hydrogens is 529 g/mol. The molecule has 0 bridgehead atoms. The van der Waals surface area contributed by atoms with Crippen molar-refractivity contribution in [3.63, 3.8) is 0 Å². The summed E-state index contributed by atoms with van der Waals surface area (Å²) in [5.41, 5.74) is 0.418. The molecule has 1 saturated heterocycles. The summed E-state index contributed by atoms with van der Waals surface area (Å²) in [7, 11) is 0. The van der Waals surface area contributed by atoms with Crippen LogP contribution in [0.3, 0.4) is 0 Å². The van der Waals surface area contributed by atoms with Gasteiger partial charge in [0.1, 0.15) is 0 Å². The van der Waals surface area contributed by atoms with Crippen LogP contribution < -0.4 is 5.32 Å². The number of halogens is 3. The lowest BCUT2D eigenvalue weighted by atomic mass is 10.1. The number of hydrogen-bond acceptors (Lipinski definition) is 6. The van der Waals surface area contributed by atoms with Crippen molar-refractivity contribution in [3.8, 4) is 0 Å². The smallest absolute Gasteiger partial charge is 0.305 e. The van der Waals surface area contributed by atoms with E-state index in [0.717, 1.165) is 55.9 Å². The quantitative estimate of drug-likeness (QED) is 0.108. The molecule has 1 aliphatic rings. The van der Waals surface area contributed by atoms with Crippen LogP contribution in [0.15, 0.2) is 53.5 Å². The maximum Gasteiger partial charge on any atom is 0.416 e. The largest absolute Gasteiger partial charge is 0.416 e. The number of likely N-dealkylation sites (tertiary alicyclic amines) is 1. The second-order valence-corrected chi connectivity index (χ2v) is 10.6. The fourth-order valence-corrected chi connectivity index (χ4v) is 5.25. The van der Waals surface area contributed by atoms with E-state index >= 15 is 0 Å². The molecule has 0 spiro atoms. The van der Waals surface area contributed by atoms with Crippen LogP contribution >= 0.6 is 11.8 Å². The lowest BCUT2D eigenvalue weighted by Gasteiger charge is -2.26. The standard InChI is InChI=1S/C28H35F3N4O3S/c29-28(30,31)24-14-12-22(13-15-24)9-4-5-16-32-27(39-20-8-19-34-17-6-1-7-18-34)33-26(36)21-23-10-2-3-11-25(23)35(37)38/h2-3,10-15H,1,4-9,16-21H2,(H,32,33,36). The summed E-state index contributed by atoms with van der Waals surface area (Å²) >= 11 is 1.47. The number of benzene rings is 2. The van der Waals surface area contributed by atoms with Gasteiger partial charge >= 0.3 is 6.18 Å². The Hall–Kier alpha value is -2.92. The van der Waals surface area contributed by atoms with E-state index in [-0.39, 0.29) is 18.0 Å². The highest BCUT2D eigenvalue weighted by molar-refractivity contribution is 8.13. The average molecular weight is 565 g/mol. The minimum absolute atomic E-state index is 0.0939. The number of hydrogen-bond donors (Lipinski definition) is 1. The van der Waals surface area contributed by atoms with E-state index in [1.165, 1.54) is 49.2 Å². The normalized spacial score (nSPS) is 14.8. The molecule has 0 atom stereocenters. The molecule has 1 fully saturated rings. The van der Waals surface area contributed by atoms with Gasteiger partial charge in [-0.2, -0.15) is 13.2 Å². The Kier molecular flexibility index (Phi) is 12.3. The summed E-state index contributed by atoms with van der Waals surface area (Å²) in [5, 5.41) is 14.6. The number of carbonyl (C=O) groups is 1. The van der Waals surface area contributed by atoms with Crippen LogP contribution in [-0.2, 0) is 23.8 Å². The first-order chi connectivity index (χ1) is 18.7. The number of amidine groups is 1. The molecule has 39 heavy (non-hydrogen) atoms. The second kappa shape index (κ2) is 15.6. The van der Waals surface area contributed by atoms with Gasteiger partial charge in [-0.25, -0.2) is 0 Å². The maximum atomic E-state index is 12.7. The number of para-hydroxylation sites is 1. The highest BCUT2D eigenvalue weighted by Crippen LogP contribution is 2.29. The fraction of sp³-hybridized carbons (Fsp3) is 0.500. The first kappa shape index (κ1) is 30.6. The first-order valence-electron chi connectivity index (χ1n) is 13.3. The van der Waals surface area contributed by atoms with Crippen molar-refractivity contribution in [1.29, 1.82) is 0 Å². The SMILES string of the molecule is O=C(Cc1ccccc1[N+](=O)[O-])NC(=NCCCCc1ccc(C(F)(F)F)cc1)SCCCN1CCCCC1. The van der Waals surface area contributed by atoms with Gasteiger partial charge in [-0.1, -0.05) is 48.5 Å². The van der Waals surface area contributed by atoms with E-state index in [4.69, 9.17) is 0 Å². The zero-order valence-corrected chi connectivity index (χ0v) is 22.7. The Morgan fingerprint density at radius 1 is 1.03 bits per heavy atom. The molecule has 0 saturated carbocycles. The monoisotopic (exact) mass is 564 g/mol. The third-order valence-corrected chi connectivity index (χ3v) is 7.50. The van der Waals surface area contributed by atoms with Gasteiger partial charge in [0.25, 0.3) is 5.69 Å². The number of piperidine rings is 1. The van der Waals surface area contributed by atoms with Crippen molar-refractivity contribution in [1.82, 2.24) is 10.2 Å². The number of carbonyl (C=O) groups excluding carboxylic acids is 1. The van der Waals surface area contributed by atoms with E-state index in [1.807, 2.05) is 0 Å². The van der Waals surface area contributed by atoms with Crippen LogP contribution in [0.1, 0.15) is 55.2 Å². The van der Waals surface area contributed by atoms with E-state index < -0.39 is 16.7 Å². The number of amides is 1. The Labute approximate surface area is 231 Å². The Morgan fingerprint density at radius 3 is 2.44 bits per heavy atom. The minimum Gasteiger partial charge on any atom is -0.305 e. The maximum absolute atomic E-state index is 12.7. The average Bonchev–Trinajstić information content (AvgIpc) is 2.91. The van der Waals surface area contributed by atoms with E-state index in [1.54, 1.807) is 18.2 Å². The molecule has 1 heterocycles. The number of nitro groups is 1. The summed E-state index contributed by atoms with van der Waals surface area (Å²) in [5.74, 6) is 0.420. The summed E-state index contributed by atoms with van der Waals surface area (Å²) < 4.78 is 38.2. The van der Waals surface area contributed by atoms with Gasteiger partial charge < -0.3 is 10.2 Å². The lowest BCUT2D eigenvalue weighted by molar-refractivity contribution is -0.385. The van der Waals surface area contributed by atoms with Crippen LogP contribution in [0.4, 0.5) is 18.9 Å². The number of thioether (sulfide) groups is 1. The third kappa shape index (κ3) is 11.0. The van der Waals surface area contributed by atoms with Gasteiger partial charge in [-0.05, 0) is 75.9 Å². The minimum atomic E-state index is -4.34. The summed E-state index contributed by atoms with van der Waals surface area (Å²) in [6, 6.07) is 11.4. The van der Waals surface area contributed by atoms with Crippen molar-refractivity contribution in [2.24, 2.45) is 4.99 Å². The third-order valence-electron chi connectivity index (χ3n) is 6.50. The van der Waals surface area contributed by atoms with Crippen LogP contribution in [0.2, 0.25) is 0 Å². The molecule has 1 aliphatic heterocycles. The molecule has 0 radical (unpaired) electrons. The molecule has 0 aliphatic carbocycles. The van der Waals surface area contributed by atoms with Crippen LogP contribution in [0, 0.1) is 10.1 Å². The summed E-state index contributed by atoms with van der Waals surface area (Å²) in [6.45, 7) is 3.70. The second-order valence-electron chi connectivity index (χ2n) is 9.55. The van der Waals surface area contributed by atoms with Gasteiger partial charge in [0, 0.05) is 23.9 Å². The molecule has 0 aromatic heterocycles. The van der Waals surface area contributed by atoms with Crippen molar-refractivity contribution in [2.45, 2.75) is 57.5 Å². The number of unbranched alkanes of at least 4 members (excludes halogenated alkanes) is 1. The predicted molar refractivity (Wildman–Crippen MR) is 149 cm³/mol. The van der Waals surface area contributed by atoms with Crippen molar-refractivity contribution >= 4 is 28.5 Å². The van der Waals surface area contributed by atoms with E-state index in [9.17, 15) is 28.1 Å². The van der Waals surface area contributed by atoms with Crippen molar-refractivity contribution in [3.05, 3.63) is 75.3 Å². The van der Waals surface area contributed by atoms with Gasteiger partial charge in [-0.15, -0.1) is 0 Å². The van der Waals surface area contributed by atoms with Crippen molar-refractivity contribution < 1.29 is 22.9 Å². The van der Waals surface area contributed by atoms with Gasteiger partial charge in [0.05, 0.1) is 16.9 Å². The molecule has 3 rings (SSSR count). The number of nitrogens with one attached hydrogen (secondary N) is 1. The highest BCUT2D eigenvalue weighted by atomic mass is 32.2. The number of aliphatic imine (C=N–C) groups is 1. The van der Waals surface area contributed by atoms with E-state index in [2.05, 4.69) is 15.2 Å². The summed E-state index contributed by atoms with van der Waals surface area (Å²) in [4.78, 5) is 30.6. The molecule has 7 nitrogen and oxygen atoms in total. The number of aryl methyl sites for hydroxylation is 1. The Bertz CT molecular complexity index is 1100. The first-order valence-corrected chi connectivity index (χ1v) is 14.3. The summed E-state index contributed by atoms with van der Waals surface area (Å²) in [6.07, 6.45) is 2.32. The highest BCUT2D eigenvalue weighted by Gasteiger charge is 2.29. The zero-order valence-electron chi connectivity index (χ0n) is 21.9. The molecular formula is C28H35F3N4O3S. The fourth-order valence-electron chi connectivity index (χ4n) is 4.42. The molecule has 212 valence electrons. The van der Waals surface area contributed by atoms with Gasteiger partial charge in [0.15, 0.2) is 5.17 Å². The molecule has 11 heteroatoms. The number of nitrogens with zero attached hydrogens (tertiary/aromatic N) is 3. The number of nitro benzene ring substituents is 1. The van der Waals surface area contributed by atoms with Crippen molar-refractivity contribution in [2.75, 3.05) is 31.9 Å². The predicted octanol–water partition coefficient (Wildman–Crippen LogP) is 6.26. The Balaban J connectivity index is 1.51. The van der Waals surface area contributed by atoms with E-state index in [0.29, 0.717) is 30.1 Å². The topological polar surface area (TPSA) is 87.8 Å². The van der Waals surface area contributed by atoms with Crippen LogP contribution in [-0.4, -0.2) is 52.8 Å². The molecule has 0 unspecified atom stereocenters. The van der Waals surface area contributed by atoms with Gasteiger partial charge in [0.2, 0.25) is 5.91 Å². The van der Waals surface area contributed by atoms with Crippen LogP contribution in [0.25, 0.3) is 0 Å². The molecule has 1 N–H and O–H groups in total. The molecule has 2 aromatic carbocycles. The number of alkyl halides is 3. The molecule has 1 amide bonds. The number of rotatable bonds is 12. The van der Waals surface area contributed by atoms with Crippen LogP contribution in [0.5, 0.6) is 0 Å². The van der Waals surface area contributed by atoms with Gasteiger partial charge in [-0.3, -0.25) is 19.9 Å². The zero-order chi connectivity index (χ0) is 28.1. The lowest BCUT2D eigenvalue weighted by Crippen LogP contribution is -2.32. The Morgan fingerprint density at radius 2 is 1.74 bits per heavy atom. The molecule has 2 aromatic rings.